The van der Waals surface area contributed by atoms with Gasteiger partial charge in [0, 0.05) is 6.04 Å². The highest BCUT2D eigenvalue weighted by atomic mass is 16.5. The molecule has 0 radical (unpaired) electrons. The summed E-state index contributed by atoms with van der Waals surface area (Å²) in [6.07, 6.45) is 12.7. The van der Waals surface area contributed by atoms with Crippen molar-refractivity contribution in [3.05, 3.63) is 0 Å². The summed E-state index contributed by atoms with van der Waals surface area (Å²) in [5.74, 6) is 1.36. The van der Waals surface area contributed by atoms with Gasteiger partial charge in [-0.25, -0.2) is 0 Å². The van der Waals surface area contributed by atoms with Crippen LogP contribution in [0.1, 0.15) is 64.2 Å². The molecule has 108 valence electrons. The Morgan fingerprint density at radius 1 is 1.00 bits per heavy atom. The van der Waals surface area contributed by atoms with E-state index in [1.165, 1.54) is 57.8 Å². The van der Waals surface area contributed by atoms with Crippen LogP contribution in [-0.2, 0) is 9.53 Å². The topological polar surface area (TPSA) is 38.3 Å². The van der Waals surface area contributed by atoms with Crippen molar-refractivity contribution < 1.29 is 9.53 Å². The van der Waals surface area contributed by atoms with E-state index >= 15 is 0 Å². The molecule has 0 amide bonds. The molecule has 1 N–H and O–H groups in total. The number of hydrogen-bond donors (Lipinski definition) is 1. The molecule has 0 aromatic heterocycles. The molecule has 19 heavy (non-hydrogen) atoms. The average Bonchev–Trinajstić information content (AvgIpc) is 2.90. The minimum atomic E-state index is -0.0170. The normalized spacial score (nSPS) is 35.9. The number of nitrogens with one attached hydrogen (secondary N) is 1. The molecule has 0 spiro atoms. The van der Waals surface area contributed by atoms with Crippen molar-refractivity contribution in [2.24, 2.45) is 11.8 Å². The van der Waals surface area contributed by atoms with Gasteiger partial charge in [-0.05, 0) is 43.9 Å². The molecule has 1 saturated heterocycles. The van der Waals surface area contributed by atoms with Crippen LogP contribution in [0.3, 0.4) is 0 Å². The largest absolute Gasteiger partial charge is 0.464 e. The molecule has 3 aliphatic rings. The second-order valence-electron chi connectivity index (χ2n) is 6.74. The van der Waals surface area contributed by atoms with Crippen molar-refractivity contribution in [3.8, 4) is 0 Å². The maximum Gasteiger partial charge on any atom is 0.323 e. The fraction of sp³-hybridized carbons (Fsp3) is 0.938. The van der Waals surface area contributed by atoms with Crippen LogP contribution in [0, 0.1) is 11.8 Å². The number of fused-ring (bicyclic) bond motifs is 1. The lowest BCUT2D eigenvalue weighted by Gasteiger charge is -2.24. The molecular weight excluding hydrogens is 238 g/mol. The molecular formula is C16H27NO2. The van der Waals surface area contributed by atoms with Crippen LogP contribution in [0.15, 0.2) is 0 Å². The molecule has 0 bridgehead atoms. The fourth-order valence-electron chi connectivity index (χ4n) is 4.16. The highest BCUT2D eigenvalue weighted by Crippen LogP contribution is 2.33. The van der Waals surface area contributed by atoms with E-state index in [2.05, 4.69) is 5.32 Å². The van der Waals surface area contributed by atoms with Crippen LogP contribution in [0.2, 0.25) is 0 Å². The van der Waals surface area contributed by atoms with E-state index in [1.54, 1.807) is 0 Å². The smallest absolute Gasteiger partial charge is 0.323 e. The van der Waals surface area contributed by atoms with Crippen molar-refractivity contribution in [3.63, 3.8) is 0 Å². The lowest BCUT2D eigenvalue weighted by atomic mass is 9.85. The lowest BCUT2D eigenvalue weighted by molar-refractivity contribution is -0.147. The summed E-state index contributed by atoms with van der Waals surface area (Å²) in [4.78, 5) is 12.1. The van der Waals surface area contributed by atoms with Crippen molar-refractivity contribution in [1.82, 2.24) is 5.32 Å². The Morgan fingerprint density at radius 2 is 1.74 bits per heavy atom. The Labute approximate surface area is 116 Å². The Morgan fingerprint density at radius 3 is 2.53 bits per heavy atom. The van der Waals surface area contributed by atoms with E-state index in [9.17, 15) is 4.79 Å². The van der Waals surface area contributed by atoms with Crippen LogP contribution in [0.25, 0.3) is 0 Å². The van der Waals surface area contributed by atoms with Gasteiger partial charge in [-0.3, -0.25) is 4.79 Å². The SMILES string of the molecule is O=C(OCC1CCCCC1)C1CC2CCCCC2N1. The van der Waals surface area contributed by atoms with Crippen LogP contribution in [0.5, 0.6) is 0 Å². The van der Waals surface area contributed by atoms with E-state index in [1.807, 2.05) is 0 Å². The summed E-state index contributed by atoms with van der Waals surface area (Å²) in [6, 6.07) is 0.567. The predicted octanol–water partition coefficient (Wildman–Crippen LogP) is 3.03. The van der Waals surface area contributed by atoms with Crippen LogP contribution in [0.4, 0.5) is 0 Å². The molecule has 2 aliphatic carbocycles. The van der Waals surface area contributed by atoms with Gasteiger partial charge in [0.25, 0.3) is 0 Å². The molecule has 3 heteroatoms. The Bertz CT molecular complexity index is 298. The summed E-state index contributed by atoms with van der Waals surface area (Å²) >= 11 is 0. The summed E-state index contributed by atoms with van der Waals surface area (Å²) in [5.41, 5.74) is 0. The maximum absolute atomic E-state index is 12.1. The minimum Gasteiger partial charge on any atom is -0.464 e. The number of esters is 1. The molecule has 0 aromatic rings. The number of rotatable bonds is 3. The second kappa shape index (κ2) is 6.25. The van der Waals surface area contributed by atoms with Crippen molar-refractivity contribution >= 4 is 5.97 Å². The van der Waals surface area contributed by atoms with E-state index in [4.69, 9.17) is 4.74 Å². The summed E-state index contributed by atoms with van der Waals surface area (Å²) in [5, 5.41) is 3.51. The molecule has 3 fully saturated rings. The molecule has 2 saturated carbocycles. The molecule has 1 heterocycles. The third-order valence-corrected chi connectivity index (χ3v) is 5.33. The zero-order valence-electron chi connectivity index (χ0n) is 11.9. The first-order valence-electron chi connectivity index (χ1n) is 8.25. The molecule has 0 aromatic carbocycles. The van der Waals surface area contributed by atoms with Crippen molar-refractivity contribution in [1.29, 1.82) is 0 Å². The third-order valence-electron chi connectivity index (χ3n) is 5.33. The van der Waals surface area contributed by atoms with Crippen molar-refractivity contribution in [2.75, 3.05) is 6.61 Å². The van der Waals surface area contributed by atoms with Crippen LogP contribution in [-0.4, -0.2) is 24.7 Å². The zero-order chi connectivity index (χ0) is 13.1. The van der Waals surface area contributed by atoms with Gasteiger partial charge in [0.2, 0.25) is 0 Å². The zero-order valence-corrected chi connectivity index (χ0v) is 11.9. The Hall–Kier alpha value is -0.570. The van der Waals surface area contributed by atoms with Gasteiger partial charge in [-0.15, -0.1) is 0 Å². The molecule has 1 aliphatic heterocycles. The van der Waals surface area contributed by atoms with E-state index in [0.29, 0.717) is 18.6 Å². The number of hydrogen-bond acceptors (Lipinski definition) is 3. The first kappa shape index (κ1) is 13.4. The van der Waals surface area contributed by atoms with E-state index < -0.39 is 0 Å². The maximum atomic E-state index is 12.1. The quantitative estimate of drug-likeness (QED) is 0.797. The highest BCUT2D eigenvalue weighted by Gasteiger charge is 2.39. The van der Waals surface area contributed by atoms with Gasteiger partial charge in [-0.1, -0.05) is 32.1 Å². The molecule has 3 nitrogen and oxygen atoms in total. The van der Waals surface area contributed by atoms with Crippen molar-refractivity contribution in [2.45, 2.75) is 76.3 Å². The molecule has 3 atom stereocenters. The summed E-state index contributed by atoms with van der Waals surface area (Å²) in [6.45, 7) is 0.659. The van der Waals surface area contributed by atoms with Gasteiger partial charge in [-0.2, -0.15) is 0 Å². The number of carbonyl (C=O) groups is 1. The summed E-state index contributed by atoms with van der Waals surface area (Å²) < 4.78 is 5.57. The number of carbonyl (C=O) groups excluding carboxylic acids is 1. The van der Waals surface area contributed by atoms with Crippen LogP contribution < -0.4 is 5.32 Å². The second-order valence-corrected chi connectivity index (χ2v) is 6.74. The fourth-order valence-corrected chi connectivity index (χ4v) is 4.16. The van der Waals surface area contributed by atoms with E-state index in [0.717, 1.165) is 12.3 Å². The highest BCUT2D eigenvalue weighted by molar-refractivity contribution is 5.76. The lowest BCUT2D eigenvalue weighted by Crippen LogP contribution is -2.38. The third kappa shape index (κ3) is 3.31. The minimum absolute atomic E-state index is 0.0139. The van der Waals surface area contributed by atoms with E-state index in [-0.39, 0.29) is 12.0 Å². The number of ether oxygens (including phenoxy) is 1. The van der Waals surface area contributed by atoms with Gasteiger partial charge in [0.15, 0.2) is 0 Å². The first-order chi connectivity index (χ1) is 9.33. The Kier molecular flexibility index (Phi) is 4.42. The molecule has 3 unspecified atom stereocenters. The molecule has 3 rings (SSSR count). The van der Waals surface area contributed by atoms with Gasteiger partial charge in [0.05, 0.1) is 6.61 Å². The Balaban J connectivity index is 1.43. The summed E-state index contributed by atoms with van der Waals surface area (Å²) in [7, 11) is 0. The predicted molar refractivity (Wildman–Crippen MR) is 74.8 cm³/mol. The average molecular weight is 265 g/mol. The van der Waals surface area contributed by atoms with Gasteiger partial charge >= 0.3 is 5.97 Å². The first-order valence-corrected chi connectivity index (χ1v) is 8.25. The monoisotopic (exact) mass is 265 g/mol. The van der Waals surface area contributed by atoms with Gasteiger partial charge in [0.1, 0.15) is 6.04 Å². The standard InChI is InChI=1S/C16H27NO2/c18-16(19-11-12-6-2-1-3-7-12)15-10-13-8-4-5-9-14(13)17-15/h12-15,17H,1-11H2. The van der Waals surface area contributed by atoms with Crippen LogP contribution >= 0.6 is 0 Å². The van der Waals surface area contributed by atoms with Gasteiger partial charge < -0.3 is 10.1 Å².